The highest BCUT2D eigenvalue weighted by Crippen LogP contribution is 2.33. The van der Waals surface area contributed by atoms with Crippen molar-refractivity contribution in [1.29, 1.82) is 0 Å². The first-order valence-electron chi connectivity index (χ1n) is 6.48. The Kier molecular flexibility index (Phi) is 3.13. The summed E-state index contributed by atoms with van der Waals surface area (Å²) >= 11 is 0. The van der Waals surface area contributed by atoms with E-state index < -0.39 is 6.10 Å². The van der Waals surface area contributed by atoms with Gasteiger partial charge in [0.25, 0.3) is 0 Å². The summed E-state index contributed by atoms with van der Waals surface area (Å²) < 4.78 is 0. The Morgan fingerprint density at radius 2 is 1.84 bits per heavy atom. The summed E-state index contributed by atoms with van der Waals surface area (Å²) in [5, 5.41) is 18.1. The first-order chi connectivity index (χ1) is 9.25. The number of hydrogen-bond acceptors (Lipinski definition) is 3. The van der Waals surface area contributed by atoms with E-state index >= 15 is 0 Å². The summed E-state index contributed by atoms with van der Waals surface area (Å²) in [5.74, 6) is 0. The predicted molar refractivity (Wildman–Crippen MR) is 73.9 cm³/mol. The highest BCUT2D eigenvalue weighted by atomic mass is 16.3. The third-order valence-corrected chi connectivity index (χ3v) is 3.52. The molecule has 0 fully saturated rings. The zero-order chi connectivity index (χ0) is 13.2. The highest BCUT2D eigenvalue weighted by molar-refractivity contribution is 5.39. The van der Waals surface area contributed by atoms with E-state index in [-0.39, 0.29) is 6.04 Å². The van der Waals surface area contributed by atoms with Gasteiger partial charge in [-0.25, -0.2) is 0 Å². The Bertz CT molecular complexity index is 602. The zero-order valence-corrected chi connectivity index (χ0v) is 10.8. The largest absolute Gasteiger partial charge is 0.389 e. The number of aliphatic hydroxyl groups is 1. The van der Waals surface area contributed by atoms with Crippen LogP contribution in [0.4, 0.5) is 0 Å². The molecule has 1 aliphatic heterocycles. The van der Waals surface area contributed by atoms with Gasteiger partial charge in [-0.15, -0.1) is 0 Å². The van der Waals surface area contributed by atoms with Gasteiger partial charge in [-0.2, -0.15) is 10.2 Å². The van der Waals surface area contributed by atoms with Gasteiger partial charge in [0.15, 0.2) is 0 Å². The fourth-order valence-corrected chi connectivity index (χ4v) is 2.41. The molecule has 0 aromatic heterocycles. The first kappa shape index (κ1) is 12.1. The molecule has 1 N–H and O–H groups in total. The molecule has 0 bridgehead atoms. The van der Waals surface area contributed by atoms with Crippen LogP contribution in [0.3, 0.4) is 0 Å². The van der Waals surface area contributed by atoms with E-state index in [0.29, 0.717) is 6.54 Å². The van der Waals surface area contributed by atoms with Gasteiger partial charge in [0.05, 0.1) is 12.6 Å². The third-order valence-electron chi connectivity index (χ3n) is 3.52. The number of rotatable bonds is 2. The van der Waals surface area contributed by atoms with Crippen molar-refractivity contribution in [3.63, 3.8) is 0 Å². The summed E-state index contributed by atoms with van der Waals surface area (Å²) in [6.07, 6.45) is -0.436. The van der Waals surface area contributed by atoms with Gasteiger partial charge in [-0.3, -0.25) is 0 Å². The molecule has 2 atom stereocenters. The Balaban J connectivity index is 1.98. The molecule has 3 nitrogen and oxygen atoms in total. The molecule has 0 saturated carbocycles. The maximum Gasteiger partial charge on any atom is 0.121 e. The van der Waals surface area contributed by atoms with Gasteiger partial charge < -0.3 is 5.11 Å². The van der Waals surface area contributed by atoms with Crippen LogP contribution in [-0.4, -0.2) is 5.11 Å². The normalized spacial score (nSPS) is 18.9. The molecule has 0 saturated heterocycles. The highest BCUT2D eigenvalue weighted by Gasteiger charge is 2.19. The maximum atomic E-state index is 9.54. The lowest BCUT2D eigenvalue weighted by Crippen LogP contribution is -2.06. The summed E-state index contributed by atoms with van der Waals surface area (Å²) in [7, 11) is 0. The lowest BCUT2D eigenvalue weighted by molar-refractivity contribution is 0.199. The van der Waals surface area contributed by atoms with E-state index in [1.807, 2.05) is 36.4 Å². The minimum absolute atomic E-state index is 0.0204. The second-order valence-electron chi connectivity index (χ2n) is 4.86. The van der Waals surface area contributed by atoms with Crippen LogP contribution in [0.5, 0.6) is 0 Å². The Morgan fingerprint density at radius 1 is 1.11 bits per heavy atom. The number of nitrogens with zero attached hydrogens (tertiary/aromatic N) is 2. The third kappa shape index (κ3) is 2.29. The summed E-state index contributed by atoms with van der Waals surface area (Å²) in [5.41, 5.74) is 4.49. The molecule has 1 heterocycles. The number of benzene rings is 2. The molecular formula is C16H16N2O. The fourth-order valence-electron chi connectivity index (χ4n) is 2.41. The molecule has 96 valence electrons. The molecule has 0 aliphatic carbocycles. The van der Waals surface area contributed by atoms with Gasteiger partial charge in [-0.1, -0.05) is 48.5 Å². The van der Waals surface area contributed by atoms with E-state index in [2.05, 4.69) is 22.4 Å². The Hall–Kier alpha value is -2.00. The van der Waals surface area contributed by atoms with Crippen LogP contribution in [0.15, 0.2) is 58.8 Å². The second-order valence-corrected chi connectivity index (χ2v) is 4.86. The zero-order valence-electron chi connectivity index (χ0n) is 10.8. The standard InChI is InChI=1S/C16H16N2O/c1-11(19)12-6-8-13(9-7-12)16-15-5-3-2-4-14(15)10-17-18-16/h2-9,11,16,19H,10H2,1H3. The summed E-state index contributed by atoms with van der Waals surface area (Å²) in [4.78, 5) is 0. The Morgan fingerprint density at radius 3 is 2.58 bits per heavy atom. The van der Waals surface area contributed by atoms with Gasteiger partial charge in [0.1, 0.15) is 6.04 Å². The molecule has 3 heteroatoms. The van der Waals surface area contributed by atoms with Crippen molar-refractivity contribution < 1.29 is 5.11 Å². The summed E-state index contributed by atoms with van der Waals surface area (Å²) in [6, 6.07) is 16.2. The smallest absolute Gasteiger partial charge is 0.121 e. The van der Waals surface area contributed by atoms with Gasteiger partial charge in [0, 0.05) is 0 Å². The molecule has 0 radical (unpaired) electrons. The van der Waals surface area contributed by atoms with Crippen LogP contribution in [0.25, 0.3) is 0 Å². The SMILES string of the molecule is CC(O)c1ccc(C2N=NCc3ccccc32)cc1. The molecule has 2 aromatic rings. The molecule has 2 unspecified atom stereocenters. The average molecular weight is 252 g/mol. The van der Waals surface area contributed by atoms with Crippen molar-refractivity contribution in [2.45, 2.75) is 25.6 Å². The van der Waals surface area contributed by atoms with E-state index in [1.165, 1.54) is 11.1 Å². The van der Waals surface area contributed by atoms with Crippen LogP contribution in [0.2, 0.25) is 0 Å². The van der Waals surface area contributed by atoms with E-state index in [0.717, 1.165) is 11.1 Å². The number of aliphatic hydroxyl groups excluding tert-OH is 1. The molecule has 3 rings (SSSR count). The van der Waals surface area contributed by atoms with Crippen LogP contribution in [-0.2, 0) is 6.54 Å². The van der Waals surface area contributed by atoms with E-state index in [9.17, 15) is 5.11 Å². The topological polar surface area (TPSA) is 45.0 Å². The lowest BCUT2D eigenvalue weighted by atomic mass is 9.93. The quantitative estimate of drug-likeness (QED) is 0.868. The van der Waals surface area contributed by atoms with Crippen molar-refractivity contribution in [3.8, 4) is 0 Å². The van der Waals surface area contributed by atoms with Gasteiger partial charge in [-0.05, 0) is 29.2 Å². The average Bonchev–Trinajstić information content (AvgIpc) is 2.47. The van der Waals surface area contributed by atoms with E-state index in [4.69, 9.17) is 0 Å². The molecular weight excluding hydrogens is 236 g/mol. The molecule has 0 amide bonds. The molecule has 2 aromatic carbocycles. The summed E-state index contributed by atoms with van der Waals surface area (Å²) in [6.45, 7) is 2.43. The Labute approximate surface area is 112 Å². The minimum Gasteiger partial charge on any atom is -0.389 e. The van der Waals surface area contributed by atoms with Crippen LogP contribution < -0.4 is 0 Å². The number of azo groups is 1. The van der Waals surface area contributed by atoms with Crippen LogP contribution >= 0.6 is 0 Å². The van der Waals surface area contributed by atoms with Crippen LogP contribution in [0, 0.1) is 0 Å². The van der Waals surface area contributed by atoms with Crippen molar-refractivity contribution in [2.75, 3.05) is 0 Å². The second kappa shape index (κ2) is 4.94. The molecule has 19 heavy (non-hydrogen) atoms. The number of fused-ring (bicyclic) bond motifs is 1. The predicted octanol–water partition coefficient (Wildman–Crippen LogP) is 3.80. The fraction of sp³-hybridized carbons (Fsp3) is 0.250. The van der Waals surface area contributed by atoms with Gasteiger partial charge in [0.2, 0.25) is 0 Å². The van der Waals surface area contributed by atoms with Crippen molar-refractivity contribution >= 4 is 0 Å². The van der Waals surface area contributed by atoms with Crippen LogP contribution in [0.1, 0.15) is 41.3 Å². The number of hydrogen-bond donors (Lipinski definition) is 1. The molecule has 1 aliphatic rings. The van der Waals surface area contributed by atoms with Gasteiger partial charge >= 0.3 is 0 Å². The van der Waals surface area contributed by atoms with Crippen molar-refractivity contribution in [2.24, 2.45) is 10.2 Å². The maximum absolute atomic E-state index is 9.54. The minimum atomic E-state index is -0.436. The monoisotopic (exact) mass is 252 g/mol. The van der Waals surface area contributed by atoms with E-state index in [1.54, 1.807) is 6.92 Å². The van der Waals surface area contributed by atoms with Crippen molar-refractivity contribution in [3.05, 3.63) is 70.8 Å². The lowest BCUT2D eigenvalue weighted by Gasteiger charge is -2.19. The first-order valence-corrected chi connectivity index (χ1v) is 6.48. The molecule has 0 spiro atoms. The van der Waals surface area contributed by atoms with Crippen molar-refractivity contribution in [1.82, 2.24) is 0 Å².